The highest BCUT2D eigenvalue weighted by molar-refractivity contribution is 6.32. The van der Waals surface area contributed by atoms with E-state index in [2.05, 4.69) is 6.92 Å². The molecule has 1 aromatic rings. The maximum Gasteiger partial charge on any atom is 0.179 e. The molecule has 1 atom stereocenters. The molecule has 1 unspecified atom stereocenters. The summed E-state index contributed by atoms with van der Waals surface area (Å²) in [6.45, 7) is 4.13. The molecule has 18 heavy (non-hydrogen) atoms. The van der Waals surface area contributed by atoms with Crippen LogP contribution in [0.15, 0.2) is 12.1 Å². The van der Waals surface area contributed by atoms with Crippen molar-refractivity contribution in [1.82, 2.24) is 0 Å². The Bertz CT molecular complexity index is 471. The average Bonchev–Trinajstić information content (AvgIpc) is 3.16. The summed E-state index contributed by atoms with van der Waals surface area (Å²) in [5.74, 6) is 1.73. The van der Waals surface area contributed by atoms with Crippen molar-refractivity contribution in [3.63, 3.8) is 0 Å². The molecule has 0 amide bonds. The van der Waals surface area contributed by atoms with Gasteiger partial charge in [-0.3, -0.25) is 0 Å². The van der Waals surface area contributed by atoms with Crippen LogP contribution in [0.5, 0.6) is 11.5 Å². The van der Waals surface area contributed by atoms with Crippen molar-refractivity contribution >= 4 is 11.6 Å². The van der Waals surface area contributed by atoms with E-state index in [4.69, 9.17) is 26.8 Å². The number of halogens is 1. The van der Waals surface area contributed by atoms with Crippen LogP contribution in [0, 0.1) is 5.41 Å². The molecule has 4 heteroatoms. The number of hydrogen-bond acceptors (Lipinski definition) is 3. The molecule has 1 heterocycles. The fourth-order valence-electron chi connectivity index (χ4n) is 2.22. The molecule has 0 bridgehead atoms. The molecule has 0 aromatic heterocycles. The van der Waals surface area contributed by atoms with Crippen molar-refractivity contribution in [2.24, 2.45) is 11.1 Å². The van der Waals surface area contributed by atoms with Crippen molar-refractivity contribution in [2.75, 3.05) is 19.8 Å². The zero-order valence-electron chi connectivity index (χ0n) is 10.5. The SMILES string of the molecule is CC(CN)c1cc(Cl)c2c(c1)OCC1(CC1)CO2. The monoisotopic (exact) mass is 267 g/mol. The molecule has 2 aliphatic rings. The summed E-state index contributed by atoms with van der Waals surface area (Å²) >= 11 is 6.29. The Kier molecular flexibility index (Phi) is 2.91. The standard InChI is InChI=1S/C14H18ClNO2/c1-9(6-16)10-4-11(15)13-12(5-10)17-7-14(2-3-14)8-18-13/h4-5,9H,2-3,6-8,16H2,1H3. The van der Waals surface area contributed by atoms with Crippen LogP contribution in [0.1, 0.15) is 31.2 Å². The lowest BCUT2D eigenvalue weighted by Gasteiger charge is -2.14. The molecule has 1 aliphatic heterocycles. The molecule has 1 fully saturated rings. The summed E-state index contributed by atoms with van der Waals surface area (Å²) in [6, 6.07) is 3.95. The van der Waals surface area contributed by atoms with Gasteiger partial charge in [0.05, 0.1) is 18.2 Å². The van der Waals surface area contributed by atoms with Gasteiger partial charge in [-0.1, -0.05) is 18.5 Å². The lowest BCUT2D eigenvalue weighted by atomic mass is 10.0. The maximum absolute atomic E-state index is 6.29. The Hall–Kier alpha value is -0.930. The van der Waals surface area contributed by atoms with Gasteiger partial charge in [0.15, 0.2) is 11.5 Å². The van der Waals surface area contributed by atoms with E-state index in [1.807, 2.05) is 12.1 Å². The lowest BCUT2D eigenvalue weighted by molar-refractivity contribution is 0.197. The maximum atomic E-state index is 6.29. The van der Waals surface area contributed by atoms with E-state index in [1.165, 1.54) is 12.8 Å². The first-order valence-corrected chi connectivity index (χ1v) is 6.80. The van der Waals surface area contributed by atoms with E-state index >= 15 is 0 Å². The summed E-state index contributed by atoms with van der Waals surface area (Å²) in [4.78, 5) is 0. The Morgan fingerprint density at radius 3 is 2.72 bits per heavy atom. The van der Waals surface area contributed by atoms with Gasteiger partial charge in [-0.05, 0) is 43.0 Å². The smallest absolute Gasteiger partial charge is 0.179 e. The number of benzene rings is 1. The Balaban J connectivity index is 1.94. The number of rotatable bonds is 2. The van der Waals surface area contributed by atoms with Gasteiger partial charge < -0.3 is 15.2 Å². The quantitative estimate of drug-likeness (QED) is 0.896. The van der Waals surface area contributed by atoms with Gasteiger partial charge in [-0.15, -0.1) is 0 Å². The third-order valence-corrected chi connectivity index (χ3v) is 4.25. The summed E-state index contributed by atoms with van der Waals surface area (Å²) < 4.78 is 11.7. The molecule has 1 aromatic carbocycles. The Morgan fingerprint density at radius 2 is 2.06 bits per heavy atom. The van der Waals surface area contributed by atoms with Gasteiger partial charge in [0, 0.05) is 5.41 Å². The van der Waals surface area contributed by atoms with Gasteiger partial charge in [0.25, 0.3) is 0 Å². The number of nitrogens with two attached hydrogens (primary N) is 1. The largest absolute Gasteiger partial charge is 0.489 e. The van der Waals surface area contributed by atoms with Gasteiger partial charge in [-0.2, -0.15) is 0 Å². The third kappa shape index (κ3) is 2.06. The van der Waals surface area contributed by atoms with Gasteiger partial charge >= 0.3 is 0 Å². The summed E-state index contributed by atoms with van der Waals surface area (Å²) in [5, 5.41) is 0.625. The molecular formula is C14H18ClNO2. The van der Waals surface area contributed by atoms with Crippen LogP contribution < -0.4 is 15.2 Å². The molecule has 98 valence electrons. The number of fused-ring (bicyclic) bond motifs is 1. The summed E-state index contributed by atoms with van der Waals surface area (Å²) in [7, 11) is 0. The highest BCUT2D eigenvalue weighted by Crippen LogP contribution is 2.50. The van der Waals surface area contributed by atoms with Crippen molar-refractivity contribution in [3.05, 3.63) is 22.7 Å². The minimum atomic E-state index is 0.238. The van der Waals surface area contributed by atoms with E-state index in [-0.39, 0.29) is 11.3 Å². The summed E-state index contributed by atoms with van der Waals surface area (Å²) in [6.07, 6.45) is 2.37. The topological polar surface area (TPSA) is 44.5 Å². The van der Waals surface area contributed by atoms with Crippen molar-refractivity contribution < 1.29 is 9.47 Å². The molecule has 2 N–H and O–H groups in total. The number of ether oxygens (including phenoxy) is 2. The van der Waals surface area contributed by atoms with Gasteiger partial charge in [0.2, 0.25) is 0 Å². The number of hydrogen-bond donors (Lipinski definition) is 1. The third-order valence-electron chi connectivity index (χ3n) is 3.97. The van der Waals surface area contributed by atoms with Crippen LogP contribution in [0.4, 0.5) is 0 Å². The van der Waals surface area contributed by atoms with Crippen LogP contribution in [0.25, 0.3) is 0 Å². The van der Waals surface area contributed by atoms with Gasteiger partial charge in [0.1, 0.15) is 0 Å². The Labute approximate surface area is 112 Å². The molecular weight excluding hydrogens is 250 g/mol. The van der Waals surface area contributed by atoms with E-state index < -0.39 is 0 Å². The highest BCUT2D eigenvalue weighted by Gasteiger charge is 2.46. The summed E-state index contributed by atoms with van der Waals surface area (Å²) in [5.41, 5.74) is 7.05. The lowest BCUT2D eigenvalue weighted by Crippen LogP contribution is -2.17. The highest BCUT2D eigenvalue weighted by atomic mass is 35.5. The first-order chi connectivity index (χ1) is 8.63. The predicted molar refractivity (Wildman–Crippen MR) is 71.6 cm³/mol. The Morgan fingerprint density at radius 1 is 1.33 bits per heavy atom. The van der Waals surface area contributed by atoms with Gasteiger partial charge in [-0.25, -0.2) is 0 Å². The zero-order chi connectivity index (χ0) is 12.8. The second-order valence-corrected chi connectivity index (χ2v) is 5.95. The predicted octanol–water partition coefficient (Wildman–Crippen LogP) is 2.95. The van der Waals surface area contributed by atoms with Crippen LogP contribution in [0.3, 0.4) is 0 Å². The normalized spacial score (nSPS) is 21.5. The molecule has 3 nitrogen and oxygen atoms in total. The second kappa shape index (κ2) is 4.32. The zero-order valence-corrected chi connectivity index (χ0v) is 11.3. The van der Waals surface area contributed by atoms with E-state index in [9.17, 15) is 0 Å². The average molecular weight is 268 g/mol. The van der Waals surface area contributed by atoms with Crippen LogP contribution in [-0.4, -0.2) is 19.8 Å². The van der Waals surface area contributed by atoms with Crippen LogP contribution in [-0.2, 0) is 0 Å². The first-order valence-electron chi connectivity index (χ1n) is 6.43. The first kappa shape index (κ1) is 12.1. The van der Waals surface area contributed by atoms with E-state index in [0.29, 0.717) is 23.9 Å². The minimum Gasteiger partial charge on any atom is -0.489 e. The minimum absolute atomic E-state index is 0.238. The molecule has 1 aliphatic carbocycles. The molecule has 1 spiro atoms. The molecule has 0 radical (unpaired) electrons. The van der Waals surface area contributed by atoms with E-state index in [0.717, 1.165) is 17.9 Å². The van der Waals surface area contributed by atoms with Crippen molar-refractivity contribution in [3.8, 4) is 11.5 Å². The molecule has 0 saturated heterocycles. The van der Waals surface area contributed by atoms with Crippen LogP contribution >= 0.6 is 11.6 Å². The fraction of sp³-hybridized carbons (Fsp3) is 0.571. The van der Waals surface area contributed by atoms with Crippen molar-refractivity contribution in [1.29, 1.82) is 0 Å². The fourth-order valence-corrected chi connectivity index (χ4v) is 2.49. The van der Waals surface area contributed by atoms with E-state index in [1.54, 1.807) is 0 Å². The van der Waals surface area contributed by atoms with Crippen molar-refractivity contribution in [2.45, 2.75) is 25.7 Å². The van der Waals surface area contributed by atoms with Crippen LogP contribution in [0.2, 0.25) is 5.02 Å². The molecule has 1 saturated carbocycles. The second-order valence-electron chi connectivity index (χ2n) is 5.54. The molecule has 3 rings (SSSR count).